The molecule has 43 heavy (non-hydrogen) atoms. The standard InChI is InChI=1S/C29H44N4O10/c1-28(2,3)42-25(39)21(33-26(40)32-20(24(37)38)14-15-22(34)35)9-7-8-16-30-23(36)19-12-10-18(11-13-19)17-31-27(41)43-29(4,5)6/h10-13,20-21H,7-9,14-17H2,1-6H3,(H,30,36)(H,31,41)(H,34,35)(H,37,38)(H2,32,33,40). The quantitative estimate of drug-likeness (QED) is 0.127. The minimum atomic E-state index is -1.46. The summed E-state index contributed by atoms with van der Waals surface area (Å²) in [4.78, 5) is 71.6. The molecule has 0 spiro atoms. The van der Waals surface area contributed by atoms with Gasteiger partial charge in [0.1, 0.15) is 23.3 Å². The van der Waals surface area contributed by atoms with Gasteiger partial charge in [0.25, 0.3) is 5.91 Å². The lowest BCUT2D eigenvalue weighted by Crippen LogP contribution is -2.52. The number of urea groups is 1. The number of carbonyl (C=O) groups excluding carboxylic acids is 4. The summed E-state index contributed by atoms with van der Waals surface area (Å²) in [6, 6.07) is 3.17. The van der Waals surface area contributed by atoms with Crippen molar-refractivity contribution in [3.8, 4) is 0 Å². The number of hydrogen-bond donors (Lipinski definition) is 6. The molecule has 0 bridgehead atoms. The number of esters is 1. The molecule has 0 saturated carbocycles. The van der Waals surface area contributed by atoms with E-state index < -0.39 is 59.7 Å². The number of nitrogens with one attached hydrogen (secondary N) is 4. The Hall–Kier alpha value is -4.36. The highest BCUT2D eigenvalue weighted by Gasteiger charge is 2.28. The number of aliphatic carboxylic acids is 2. The van der Waals surface area contributed by atoms with Crippen LogP contribution in [0.3, 0.4) is 0 Å². The number of alkyl carbamates (subject to hydrolysis) is 1. The Balaban J connectivity index is 2.61. The topological polar surface area (TPSA) is 209 Å². The van der Waals surface area contributed by atoms with Crippen LogP contribution >= 0.6 is 0 Å². The first kappa shape index (κ1) is 36.7. The van der Waals surface area contributed by atoms with E-state index in [0.29, 0.717) is 18.4 Å². The van der Waals surface area contributed by atoms with Crippen LogP contribution in [0, 0.1) is 0 Å². The van der Waals surface area contributed by atoms with Gasteiger partial charge in [0.2, 0.25) is 0 Å². The van der Waals surface area contributed by atoms with E-state index in [4.69, 9.17) is 14.6 Å². The first-order valence-electron chi connectivity index (χ1n) is 13.9. The molecule has 0 aliphatic carbocycles. The number of carboxylic acid groups (broad SMARTS) is 2. The fraction of sp³-hybridized carbons (Fsp3) is 0.586. The molecule has 240 valence electrons. The zero-order valence-electron chi connectivity index (χ0n) is 25.6. The summed E-state index contributed by atoms with van der Waals surface area (Å²) in [6.07, 6.45) is -0.331. The van der Waals surface area contributed by atoms with E-state index in [-0.39, 0.29) is 31.8 Å². The molecule has 6 N–H and O–H groups in total. The minimum absolute atomic E-state index is 0.143. The van der Waals surface area contributed by atoms with Crippen molar-refractivity contribution in [2.24, 2.45) is 0 Å². The zero-order chi connectivity index (χ0) is 32.8. The molecule has 0 aromatic heterocycles. The molecular formula is C29H44N4O10. The van der Waals surface area contributed by atoms with Crippen molar-refractivity contribution in [2.75, 3.05) is 6.54 Å². The van der Waals surface area contributed by atoms with Gasteiger partial charge >= 0.3 is 30.0 Å². The van der Waals surface area contributed by atoms with Crippen LogP contribution in [0.1, 0.15) is 89.6 Å². The summed E-state index contributed by atoms with van der Waals surface area (Å²) in [5, 5.41) is 28.1. The number of carboxylic acids is 2. The molecule has 0 aliphatic heterocycles. The predicted molar refractivity (Wildman–Crippen MR) is 155 cm³/mol. The first-order valence-corrected chi connectivity index (χ1v) is 13.9. The summed E-state index contributed by atoms with van der Waals surface area (Å²) in [7, 11) is 0. The largest absolute Gasteiger partial charge is 0.481 e. The molecule has 0 radical (unpaired) electrons. The van der Waals surface area contributed by atoms with E-state index in [9.17, 15) is 33.9 Å². The average molecular weight is 609 g/mol. The number of unbranched alkanes of at least 4 members (excludes halogenated alkanes) is 1. The van der Waals surface area contributed by atoms with Gasteiger partial charge in [0.15, 0.2) is 0 Å². The van der Waals surface area contributed by atoms with Crippen LogP contribution in [0.25, 0.3) is 0 Å². The summed E-state index contributed by atoms with van der Waals surface area (Å²) in [5.41, 5.74) is -0.247. The maximum atomic E-state index is 12.7. The second-order valence-corrected chi connectivity index (χ2v) is 11.8. The molecule has 2 atom stereocenters. The fourth-order valence-corrected chi connectivity index (χ4v) is 3.55. The lowest BCUT2D eigenvalue weighted by molar-refractivity contribution is -0.157. The Bertz CT molecular complexity index is 1120. The third-order valence-electron chi connectivity index (χ3n) is 5.50. The number of rotatable bonds is 15. The van der Waals surface area contributed by atoms with Crippen molar-refractivity contribution >= 4 is 35.9 Å². The first-order chi connectivity index (χ1) is 19.9. The lowest BCUT2D eigenvalue weighted by atomic mass is 10.1. The molecule has 4 amide bonds. The number of amides is 4. The van der Waals surface area contributed by atoms with Crippen LogP contribution < -0.4 is 21.3 Å². The Morgan fingerprint density at radius 3 is 1.88 bits per heavy atom. The van der Waals surface area contributed by atoms with Crippen molar-refractivity contribution in [3.63, 3.8) is 0 Å². The third-order valence-corrected chi connectivity index (χ3v) is 5.50. The van der Waals surface area contributed by atoms with Gasteiger partial charge in [-0.15, -0.1) is 0 Å². The van der Waals surface area contributed by atoms with Gasteiger partial charge in [0.05, 0.1) is 0 Å². The van der Waals surface area contributed by atoms with E-state index in [1.165, 1.54) is 0 Å². The molecule has 0 fully saturated rings. The molecule has 1 aromatic rings. The highest BCUT2D eigenvalue weighted by Crippen LogP contribution is 2.12. The molecule has 14 nitrogen and oxygen atoms in total. The minimum Gasteiger partial charge on any atom is -0.481 e. The maximum Gasteiger partial charge on any atom is 0.407 e. The van der Waals surface area contributed by atoms with E-state index in [1.807, 2.05) is 0 Å². The monoisotopic (exact) mass is 608 g/mol. The van der Waals surface area contributed by atoms with Gasteiger partial charge in [-0.2, -0.15) is 0 Å². The maximum absolute atomic E-state index is 12.7. The Kier molecular flexibility index (Phi) is 14.4. The Morgan fingerprint density at radius 1 is 0.767 bits per heavy atom. The predicted octanol–water partition coefficient (Wildman–Crippen LogP) is 2.94. The summed E-state index contributed by atoms with van der Waals surface area (Å²) >= 11 is 0. The van der Waals surface area contributed by atoms with Crippen molar-refractivity contribution in [2.45, 2.75) is 103 Å². The van der Waals surface area contributed by atoms with Crippen LogP contribution in [-0.4, -0.2) is 76.0 Å². The van der Waals surface area contributed by atoms with E-state index in [0.717, 1.165) is 5.56 Å². The van der Waals surface area contributed by atoms with Crippen molar-refractivity contribution in [1.29, 1.82) is 0 Å². The third kappa shape index (κ3) is 16.6. The van der Waals surface area contributed by atoms with Crippen LogP contribution in [0.15, 0.2) is 24.3 Å². The Morgan fingerprint density at radius 2 is 1.35 bits per heavy atom. The zero-order valence-corrected chi connectivity index (χ0v) is 25.6. The van der Waals surface area contributed by atoms with Gasteiger partial charge in [-0.3, -0.25) is 9.59 Å². The smallest absolute Gasteiger partial charge is 0.407 e. The van der Waals surface area contributed by atoms with Crippen LogP contribution in [0.5, 0.6) is 0 Å². The van der Waals surface area contributed by atoms with Crippen molar-refractivity contribution in [1.82, 2.24) is 21.3 Å². The van der Waals surface area contributed by atoms with Crippen molar-refractivity contribution < 1.29 is 48.5 Å². The van der Waals surface area contributed by atoms with E-state index in [2.05, 4.69) is 21.3 Å². The van der Waals surface area contributed by atoms with Gasteiger partial charge in [0, 0.05) is 25.1 Å². The molecule has 1 aromatic carbocycles. The molecule has 1 rings (SSSR count). The Labute approximate surface area is 251 Å². The molecule has 2 unspecified atom stereocenters. The highest BCUT2D eigenvalue weighted by atomic mass is 16.6. The van der Waals surface area contributed by atoms with Gasteiger partial charge in [-0.1, -0.05) is 12.1 Å². The second-order valence-electron chi connectivity index (χ2n) is 11.8. The molecule has 0 heterocycles. The van der Waals surface area contributed by atoms with E-state index in [1.54, 1.807) is 65.8 Å². The lowest BCUT2D eigenvalue weighted by Gasteiger charge is -2.25. The molecular weight excluding hydrogens is 564 g/mol. The summed E-state index contributed by atoms with van der Waals surface area (Å²) < 4.78 is 10.6. The molecule has 14 heteroatoms. The number of hydrogen-bond acceptors (Lipinski definition) is 8. The normalized spacial score (nSPS) is 12.7. The number of carbonyl (C=O) groups is 6. The second kappa shape index (κ2) is 16.9. The van der Waals surface area contributed by atoms with Crippen LogP contribution in [-0.2, 0) is 30.4 Å². The summed E-state index contributed by atoms with van der Waals surface area (Å²) in [5.74, 6) is -3.65. The number of ether oxygens (including phenoxy) is 2. The van der Waals surface area contributed by atoms with Crippen molar-refractivity contribution in [3.05, 3.63) is 35.4 Å². The van der Waals surface area contributed by atoms with Gasteiger partial charge in [-0.05, 0) is 84.9 Å². The van der Waals surface area contributed by atoms with Crippen LogP contribution in [0.4, 0.5) is 9.59 Å². The fourth-order valence-electron chi connectivity index (χ4n) is 3.55. The molecule has 0 aliphatic rings. The van der Waals surface area contributed by atoms with E-state index >= 15 is 0 Å². The average Bonchev–Trinajstić information content (AvgIpc) is 2.86. The van der Waals surface area contributed by atoms with Crippen LogP contribution in [0.2, 0.25) is 0 Å². The van der Waals surface area contributed by atoms with Gasteiger partial charge < -0.3 is 41.0 Å². The number of benzene rings is 1. The van der Waals surface area contributed by atoms with Gasteiger partial charge in [-0.25, -0.2) is 19.2 Å². The summed E-state index contributed by atoms with van der Waals surface area (Å²) in [6.45, 7) is 10.8. The molecule has 0 saturated heterocycles. The highest BCUT2D eigenvalue weighted by molar-refractivity contribution is 5.94. The SMILES string of the molecule is CC(C)(C)OC(=O)NCc1ccc(C(=O)NCCCCC(NC(=O)NC(CCC(=O)O)C(=O)O)C(=O)OC(C)(C)C)cc1.